The lowest BCUT2D eigenvalue weighted by Crippen LogP contribution is -2.22. The van der Waals surface area contributed by atoms with Crippen LogP contribution in [0.25, 0.3) is 0 Å². The van der Waals surface area contributed by atoms with Crippen molar-refractivity contribution in [1.82, 2.24) is 5.32 Å². The van der Waals surface area contributed by atoms with Crippen molar-refractivity contribution in [2.24, 2.45) is 0 Å². The molecule has 0 aliphatic rings. The van der Waals surface area contributed by atoms with E-state index in [-0.39, 0.29) is 0 Å². The van der Waals surface area contributed by atoms with Gasteiger partial charge in [0.2, 0.25) is 0 Å². The topological polar surface area (TPSA) is 21.3 Å². The van der Waals surface area contributed by atoms with Gasteiger partial charge in [-0.05, 0) is 24.5 Å². The van der Waals surface area contributed by atoms with Crippen LogP contribution < -0.4 is 10.1 Å². The molecule has 0 fully saturated rings. The van der Waals surface area contributed by atoms with Crippen LogP contribution in [0.1, 0.15) is 38.3 Å². The van der Waals surface area contributed by atoms with E-state index in [4.69, 9.17) is 4.74 Å². The molecule has 0 radical (unpaired) electrons. The molecule has 18 heavy (non-hydrogen) atoms. The molecule has 0 aromatic heterocycles. The number of rotatable bonds is 7. The number of hydrogen-bond acceptors (Lipinski definition) is 2. The van der Waals surface area contributed by atoms with E-state index in [1.165, 1.54) is 11.1 Å². The molecule has 0 unspecified atom stereocenters. The van der Waals surface area contributed by atoms with Crippen LogP contribution in [0.5, 0.6) is 5.75 Å². The van der Waals surface area contributed by atoms with E-state index < -0.39 is 0 Å². The second kappa shape index (κ2) is 7.22. The molecular weight excluding hydrogens is 222 g/mol. The molecular formula is C16H25NO. The molecule has 2 nitrogen and oxygen atoms in total. The monoisotopic (exact) mass is 247 g/mol. The number of ether oxygens (including phenoxy) is 1. The van der Waals surface area contributed by atoms with Crippen LogP contribution in [0.2, 0.25) is 0 Å². The molecule has 0 aliphatic carbocycles. The standard InChI is InChI=1S/C16H25NO/c1-6-13(4)11-18-16-14(5)8-7-9-15(16)10-17-12(2)3/h7-9,12,17H,4,6,10-11H2,1-3,5H3. The Balaban J connectivity index is 2.76. The highest BCUT2D eigenvalue weighted by Crippen LogP contribution is 2.24. The SMILES string of the molecule is C=C(CC)COc1c(C)cccc1CNC(C)C. The molecule has 0 atom stereocenters. The smallest absolute Gasteiger partial charge is 0.127 e. The number of benzene rings is 1. The summed E-state index contributed by atoms with van der Waals surface area (Å²) >= 11 is 0. The number of para-hydroxylation sites is 1. The largest absolute Gasteiger partial charge is 0.489 e. The summed E-state index contributed by atoms with van der Waals surface area (Å²) in [6, 6.07) is 6.76. The highest BCUT2D eigenvalue weighted by atomic mass is 16.5. The lowest BCUT2D eigenvalue weighted by Gasteiger charge is -2.16. The van der Waals surface area contributed by atoms with Crippen molar-refractivity contribution in [3.8, 4) is 5.75 Å². The minimum atomic E-state index is 0.476. The number of hydrogen-bond donors (Lipinski definition) is 1. The molecule has 2 heteroatoms. The van der Waals surface area contributed by atoms with Crippen LogP contribution in [0.3, 0.4) is 0 Å². The van der Waals surface area contributed by atoms with Crippen LogP contribution in [-0.2, 0) is 6.54 Å². The summed E-state index contributed by atoms with van der Waals surface area (Å²) in [5.41, 5.74) is 3.52. The average Bonchev–Trinajstić information content (AvgIpc) is 2.34. The Morgan fingerprint density at radius 3 is 2.72 bits per heavy atom. The lowest BCUT2D eigenvalue weighted by molar-refractivity contribution is 0.341. The Hall–Kier alpha value is -1.28. The van der Waals surface area contributed by atoms with Crippen molar-refractivity contribution in [2.75, 3.05) is 6.61 Å². The van der Waals surface area contributed by atoms with Crippen molar-refractivity contribution < 1.29 is 4.74 Å². The van der Waals surface area contributed by atoms with Gasteiger partial charge in [-0.3, -0.25) is 0 Å². The summed E-state index contributed by atoms with van der Waals surface area (Å²) in [6.45, 7) is 13.9. The van der Waals surface area contributed by atoms with Crippen molar-refractivity contribution in [2.45, 2.75) is 46.7 Å². The quantitative estimate of drug-likeness (QED) is 0.739. The Labute approximate surface area is 111 Å². The first kappa shape index (κ1) is 14.8. The predicted molar refractivity (Wildman–Crippen MR) is 78.1 cm³/mol. The van der Waals surface area contributed by atoms with E-state index >= 15 is 0 Å². The zero-order valence-corrected chi connectivity index (χ0v) is 12.0. The van der Waals surface area contributed by atoms with Crippen LogP contribution in [-0.4, -0.2) is 12.6 Å². The Morgan fingerprint density at radius 2 is 2.11 bits per heavy atom. The van der Waals surface area contributed by atoms with Gasteiger partial charge in [-0.15, -0.1) is 0 Å². The molecule has 0 heterocycles. The molecule has 0 saturated carbocycles. The van der Waals surface area contributed by atoms with Gasteiger partial charge in [0.25, 0.3) is 0 Å². The van der Waals surface area contributed by atoms with E-state index in [2.05, 4.69) is 57.8 Å². The molecule has 0 amide bonds. The summed E-state index contributed by atoms with van der Waals surface area (Å²) in [5, 5.41) is 3.43. The van der Waals surface area contributed by atoms with E-state index in [0.29, 0.717) is 12.6 Å². The maximum atomic E-state index is 5.91. The van der Waals surface area contributed by atoms with Crippen LogP contribution in [0.15, 0.2) is 30.4 Å². The van der Waals surface area contributed by atoms with Crippen molar-refractivity contribution in [3.63, 3.8) is 0 Å². The fourth-order valence-corrected chi connectivity index (χ4v) is 1.65. The van der Waals surface area contributed by atoms with Gasteiger partial charge in [0.05, 0.1) is 0 Å². The zero-order chi connectivity index (χ0) is 13.5. The molecule has 0 spiro atoms. The molecule has 0 aliphatic heterocycles. The molecule has 100 valence electrons. The fourth-order valence-electron chi connectivity index (χ4n) is 1.65. The lowest BCUT2D eigenvalue weighted by atomic mass is 10.1. The Bertz CT molecular complexity index is 396. The average molecular weight is 247 g/mol. The second-order valence-electron chi connectivity index (χ2n) is 4.99. The van der Waals surface area contributed by atoms with Crippen molar-refractivity contribution >= 4 is 0 Å². The first-order valence-corrected chi connectivity index (χ1v) is 6.66. The molecule has 1 aromatic carbocycles. The first-order valence-electron chi connectivity index (χ1n) is 6.66. The highest BCUT2D eigenvalue weighted by molar-refractivity contribution is 5.41. The molecule has 1 aromatic rings. The van der Waals surface area contributed by atoms with Gasteiger partial charge in [0.1, 0.15) is 12.4 Å². The summed E-state index contributed by atoms with van der Waals surface area (Å²) in [5.74, 6) is 1.00. The van der Waals surface area contributed by atoms with Crippen LogP contribution in [0.4, 0.5) is 0 Å². The Morgan fingerprint density at radius 1 is 1.39 bits per heavy atom. The van der Waals surface area contributed by atoms with Gasteiger partial charge in [-0.1, -0.05) is 45.5 Å². The molecule has 0 saturated heterocycles. The van der Waals surface area contributed by atoms with Gasteiger partial charge < -0.3 is 10.1 Å². The van der Waals surface area contributed by atoms with Crippen LogP contribution >= 0.6 is 0 Å². The second-order valence-corrected chi connectivity index (χ2v) is 4.99. The van der Waals surface area contributed by atoms with Crippen molar-refractivity contribution in [1.29, 1.82) is 0 Å². The predicted octanol–water partition coefficient (Wildman–Crippen LogP) is 3.84. The van der Waals surface area contributed by atoms with E-state index in [1.807, 2.05) is 0 Å². The third-order valence-corrected chi connectivity index (χ3v) is 2.91. The Kier molecular flexibility index (Phi) is 5.93. The molecule has 1 N–H and O–H groups in total. The zero-order valence-electron chi connectivity index (χ0n) is 12.0. The highest BCUT2D eigenvalue weighted by Gasteiger charge is 2.07. The van der Waals surface area contributed by atoms with Gasteiger partial charge in [-0.25, -0.2) is 0 Å². The normalized spacial score (nSPS) is 10.7. The third-order valence-electron chi connectivity index (χ3n) is 2.91. The summed E-state index contributed by atoms with van der Waals surface area (Å²) in [6.07, 6.45) is 0.964. The summed E-state index contributed by atoms with van der Waals surface area (Å²) in [7, 11) is 0. The minimum Gasteiger partial charge on any atom is -0.489 e. The van der Waals surface area contributed by atoms with Crippen LogP contribution in [0, 0.1) is 6.92 Å². The van der Waals surface area contributed by atoms with Crippen molar-refractivity contribution in [3.05, 3.63) is 41.5 Å². The molecule has 0 bridgehead atoms. The number of aryl methyl sites for hydroxylation is 1. The summed E-state index contributed by atoms with van der Waals surface area (Å²) < 4.78 is 5.91. The van der Waals surface area contributed by atoms with Gasteiger partial charge in [-0.2, -0.15) is 0 Å². The maximum absolute atomic E-state index is 5.91. The van der Waals surface area contributed by atoms with E-state index in [9.17, 15) is 0 Å². The third kappa shape index (κ3) is 4.53. The van der Waals surface area contributed by atoms with E-state index in [0.717, 1.165) is 24.3 Å². The number of nitrogens with one attached hydrogen (secondary N) is 1. The van der Waals surface area contributed by atoms with Gasteiger partial charge >= 0.3 is 0 Å². The van der Waals surface area contributed by atoms with Gasteiger partial charge in [0.15, 0.2) is 0 Å². The van der Waals surface area contributed by atoms with E-state index in [1.54, 1.807) is 0 Å². The van der Waals surface area contributed by atoms with Gasteiger partial charge in [0, 0.05) is 18.2 Å². The maximum Gasteiger partial charge on any atom is 0.127 e. The molecule has 1 rings (SSSR count). The minimum absolute atomic E-state index is 0.476. The fraction of sp³-hybridized carbons (Fsp3) is 0.500. The summed E-state index contributed by atoms with van der Waals surface area (Å²) in [4.78, 5) is 0. The first-order chi connectivity index (χ1) is 8.54.